The zero-order valence-electron chi connectivity index (χ0n) is 17.5. The highest BCUT2D eigenvalue weighted by Crippen LogP contribution is 2.22. The number of hydrogen-bond donors (Lipinski definition) is 5. The second kappa shape index (κ2) is 10.9. The summed E-state index contributed by atoms with van der Waals surface area (Å²) >= 11 is 0. The van der Waals surface area contributed by atoms with Gasteiger partial charge in [0.2, 0.25) is 0 Å². The number of piperidine rings is 1. The predicted octanol–water partition coefficient (Wildman–Crippen LogP) is 2.18. The molecule has 2 heterocycles. The molecular weight excluding hydrogens is 350 g/mol. The van der Waals surface area contributed by atoms with Crippen LogP contribution in [0.15, 0.2) is 5.10 Å². The molecule has 4 fully saturated rings. The summed E-state index contributed by atoms with van der Waals surface area (Å²) in [5.41, 5.74) is 3.35. The highest BCUT2D eigenvalue weighted by atomic mass is 15.6. The minimum Gasteiger partial charge on any atom is -0.287 e. The fourth-order valence-corrected chi connectivity index (χ4v) is 5.20. The van der Waals surface area contributed by atoms with Crippen LogP contribution in [0.3, 0.4) is 0 Å². The van der Waals surface area contributed by atoms with Crippen LogP contribution >= 0.6 is 0 Å². The minimum atomic E-state index is -0.0193. The van der Waals surface area contributed by atoms with E-state index < -0.39 is 0 Å². The lowest BCUT2D eigenvalue weighted by Gasteiger charge is -2.45. The Bertz CT molecular complexity index is 467. The fraction of sp³-hybridized carbons (Fsp3) is 0.952. The zero-order valence-corrected chi connectivity index (χ0v) is 17.5. The first-order valence-corrected chi connectivity index (χ1v) is 11.9. The molecule has 160 valence electrons. The van der Waals surface area contributed by atoms with Crippen molar-refractivity contribution in [1.82, 2.24) is 31.6 Å². The van der Waals surface area contributed by atoms with E-state index in [0.29, 0.717) is 12.0 Å². The van der Waals surface area contributed by atoms with Crippen LogP contribution in [0.1, 0.15) is 83.5 Å². The molecule has 0 radical (unpaired) electrons. The van der Waals surface area contributed by atoms with Gasteiger partial charge < -0.3 is 0 Å². The zero-order chi connectivity index (χ0) is 19.0. The van der Waals surface area contributed by atoms with Gasteiger partial charge in [0.05, 0.1) is 0 Å². The first kappa shape index (κ1) is 20.5. The topological polar surface area (TPSA) is 75.8 Å². The lowest BCUT2D eigenvalue weighted by Crippen LogP contribution is -2.78. The molecule has 7 nitrogen and oxygen atoms in total. The summed E-state index contributed by atoms with van der Waals surface area (Å²) in [6.45, 7) is 2.33. The minimum absolute atomic E-state index is 0.0193. The number of likely N-dealkylation sites (tertiary alicyclic amines) is 1. The number of hydrogen-bond acceptors (Lipinski definition) is 7. The highest BCUT2D eigenvalue weighted by molar-refractivity contribution is 5.60. The molecule has 3 unspecified atom stereocenters. The van der Waals surface area contributed by atoms with Gasteiger partial charge in [-0.25, -0.2) is 0 Å². The van der Waals surface area contributed by atoms with Gasteiger partial charge >= 0.3 is 0 Å². The van der Waals surface area contributed by atoms with Gasteiger partial charge in [0.15, 0.2) is 6.29 Å². The van der Waals surface area contributed by atoms with E-state index in [9.17, 15) is 0 Å². The van der Waals surface area contributed by atoms with E-state index in [4.69, 9.17) is 0 Å². The second-order valence-corrected chi connectivity index (χ2v) is 9.17. The molecule has 2 saturated carbocycles. The van der Waals surface area contributed by atoms with E-state index in [1.807, 2.05) is 0 Å². The Balaban J connectivity index is 1.32. The van der Waals surface area contributed by atoms with E-state index in [1.54, 1.807) is 0 Å². The Morgan fingerprint density at radius 3 is 2.11 bits per heavy atom. The molecule has 3 atom stereocenters. The van der Waals surface area contributed by atoms with Crippen LogP contribution in [0.2, 0.25) is 0 Å². The third kappa shape index (κ3) is 6.13. The van der Waals surface area contributed by atoms with Gasteiger partial charge in [0.1, 0.15) is 12.6 Å². The van der Waals surface area contributed by atoms with Crippen molar-refractivity contribution in [1.29, 1.82) is 0 Å². The quantitative estimate of drug-likeness (QED) is 0.353. The molecule has 0 bridgehead atoms. The van der Waals surface area contributed by atoms with E-state index in [2.05, 4.69) is 42.9 Å². The summed E-state index contributed by atoms with van der Waals surface area (Å²) in [6.07, 6.45) is 19.7. The molecule has 0 amide bonds. The van der Waals surface area contributed by atoms with E-state index in [0.717, 1.165) is 0 Å². The van der Waals surface area contributed by atoms with Gasteiger partial charge in [0, 0.05) is 25.3 Å². The van der Waals surface area contributed by atoms with Gasteiger partial charge in [-0.15, -0.1) is 0 Å². The number of hydrazone groups is 1. The van der Waals surface area contributed by atoms with Crippen molar-refractivity contribution >= 4 is 6.21 Å². The Morgan fingerprint density at radius 2 is 1.36 bits per heavy atom. The standard InChI is InChI=1S/C21H41N7/c1-4-10-17(11-5-1)16-22-27-20-24-19(23-18-12-6-2-7-13-18)25-21(26-20)28-14-8-3-9-15-28/h16-21,23-27H,1-15H2/b22-16-. The summed E-state index contributed by atoms with van der Waals surface area (Å²) in [6, 6.07) is 0.616. The Kier molecular flexibility index (Phi) is 7.98. The van der Waals surface area contributed by atoms with Gasteiger partial charge in [-0.2, -0.15) is 5.10 Å². The molecule has 7 heteroatoms. The van der Waals surface area contributed by atoms with Gasteiger partial charge in [-0.05, 0) is 44.4 Å². The van der Waals surface area contributed by atoms with Crippen molar-refractivity contribution in [2.24, 2.45) is 11.0 Å². The van der Waals surface area contributed by atoms with E-state index in [-0.39, 0.29) is 18.9 Å². The Labute approximate surface area is 170 Å². The van der Waals surface area contributed by atoms with Crippen molar-refractivity contribution < 1.29 is 0 Å². The lowest BCUT2D eigenvalue weighted by atomic mass is 9.90. The van der Waals surface area contributed by atoms with Crippen molar-refractivity contribution in [3.05, 3.63) is 0 Å². The van der Waals surface area contributed by atoms with Gasteiger partial charge in [-0.3, -0.25) is 31.6 Å². The summed E-state index contributed by atoms with van der Waals surface area (Å²) in [7, 11) is 0. The molecular formula is C21H41N7. The van der Waals surface area contributed by atoms with Crippen LogP contribution < -0.4 is 26.7 Å². The first-order chi connectivity index (χ1) is 13.9. The molecule has 2 aliphatic carbocycles. The van der Waals surface area contributed by atoms with Crippen LogP contribution in [0, 0.1) is 5.92 Å². The number of nitrogens with one attached hydrogen (secondary N) is 5. The van der Waals surface area contributed by atoms with Crippen LogP contribution in [-0.4, -0.2) is 49.1 Å². The molecule has 2 aliphatic heterocycles. The van der Waals surface area contributed by atoms with Crippen molar-refractivity contribution in [3.63, 3.8) is 0 Å². The van der Waals surface area contributed by atoms with Crippen LogP contribution in [-0.2, 0) is 0 Å². The summed E-state index contributed by atoms with van der Waals surface area (Å²) in [5, 5.41) is 19.5. The smallest absolute Gasteiger partial charge is 0.152 e. The molecule has 0 aromatic heterocycles. The molecule has 28 heavy (non-hydrogen) atoms. The van der Waals surface area contributed by atoms with E-state index in [1.165, 1.54) is 96.6 Å². The Morgan fingerprint density at radius 1 is 0.714 bits per heavy atom. The molecule has 2 saturated heterocycles. The molecule has 0 aromatic carbocycles. The maximum absolute atomic E-state index is 4.61. The first-order valence-electron chi connectivity index (χ1n) is 11.9. The highest BCUT2D eigenvalue weighted by Gasteiger charge is 2.32. The van der Waals surface area contributed by atoms with Crippen molar-refractivity contribution in [2.75, 3.05) is 13.1 Å². The normalized spacial score (nSPS) is 34.6. The third-order valence-electron chi connectivity index (χ3n) is 6.88. The van der Waals surface area contributed by atoms with Crippen molar-refractivity contribution in [2.45, 2.75) is 108 Å². The average molecular weight is 392 g/mol. The lowest BCUT2D eigenvalue weighted by molar-refractivity contribution is 0.0273. The number of nitrogens with zero attached hydrogens (tertiary/aromatic N) is 2. The number of rotatable bonds is 6. The second-order valence-electron chi connectivity index (χ2n) is 9.17. The van der Waals surface area contributed by atoms with Gasteiger partial charge in [-0.1, -0.05) is 44.9 Å². The predicted molar refractivity (Wildman–Crippen MR) is 114 cm³/mol. The fourth-order valence-electron chi connectivity index (χ4n) is 5.20. The average Bonchev–Trinajstić information content (AvgIpc) is 2.76. The molecule has 4 aliphatic rings. The van der Waals surface area contributed by atoms with Crippen molar-refractivity contribution in [3.8, 4) is 0 Å². The SMILES string of the molecule is C(=N/NC1NC(NC2CCCCC2)NC(N2CCCCC2)N1)/C1CCCCC1. The maximum Gasteiger partial charge on any atom is 0.152 e. The largest absolute Gasteiger partial charge is 0.287 e. The maximum atomic E-state index is 4.61. The molecule has 0 aromatic rings. The van der Waals surface area contributed by atoms with Crippen LogP contribution in [0.25, 0.3) is 0 Å². The third-order valence-corrected chi connectivity index (χ3v) is 6.88. The van der Waals surface area contributed by atoms with Gasteiger partial charge in [0.25, 0.3) is 0 Å². The molecule has 4 rings (SSSR count). The molecule has 5 N–H and O–H groups in total. The summed E-state index contributed by atoms with van der Waals surface area (Å²) < 4.78 is 0. The summed E-state index contributed by atoms with van der Waals surface area (Å²) in [4.78, 5) is 2.54. The Hall–Kier alpha value is -0.730. The van der Waals surface area contributed by atoms with Crippen LogP contribution in [0.5, 0.6) is 0 Å². The summed E-state index contributed by atoms with van der Waals surface area (Å²) in [5.74, 6) is 0.650. The molecule has 0 spiro atoms. The van der Waals surface area contributed by atoms with Crippen LogP contribution in [0.4, 0.5) is 0 Å². The van der Waals surface area contributed by atoms with E-state index >= 15 is 0 Å². The monoisotopic (exact) mass is 391 g/mol.